The van der Waals surface area contributed by atoms with Crippen molar-refractivity contribution in [3.05, 3.63) is 94.6 Å². The smallest absolute Gasteiger partial charge is 0.300 e. The van der Waals surface area contributed by atoms with Crippen LogP contribution in [0.25, 0.3) is 5.76 Å². The first-order valence-electron chi connectivity index (χ1n) is 11.6. The number of anilines is 1. The normalized spacial score (nSPS) is 17.3. The first kappa shape index (κ1) is 24.1. The number of benzene rings is 3. The Labute approximate surface area is 205 Å². The molecule has 1 atom stereocenters. The predicted octanol–water partition coefficient (Wildman–Crippen LogP) is 5.67. The van der Waals surface area contributed by atoms with Crippen LogP contribution in [0.5, 0.6) is 11.5 Å². The van der Waals surface area contributed by atoms with E-state index in [9.17, 15) is 19.8 Å². The molecule has 0 saturated carbocycles. The molecular weight excluding hydrogens is 442 g/mol. The monoisotopic (exact) mass is 471 g/mol. The second-order valence-corrected chi connectivity index (χ2v) is 9.28. The van der Waals surface area contributed by atoms with Gasteiger partial charge in [0.1, 0.15) is 17.3 Å². The van der Waals surface area contributed by atoms with Crippen molar-refractivity contribution in [2.75, 3.05) is 11.5 Å². The summed E-state index contributed by atoms with van der Waals surface area (Å²) in [5, 5.41) is 21.1. The van der Waals surface area contributed by atoms with Gasteiger partial charge in [0, 0.05) is 11.3 Å². The number of ketones is 1. The molecule has 3 aromatic rings. The van der Waals surface area contributed by atoms with Gasteiger partial charge in [-0.3, -0.25) is 14.5 Å². The molecule has 3 aromatic carbocycles. The number of aromatic hydroxyl groups is 1. The molecule has 0 bridgehead atoms. The molecule has 2 N–H and O–H groups in total. The summed E-state index contributed by atoms with van der Waals surface area (Å²) in [6.07, 6.45) is 0. The van der Waals surface area contributed by atoms with Crippen LogP contribution >= 0.6 is 0 Å². The number of aliphatic hydroxyl groups excluding tert-OH is 1. The number of Topliss-reactive ketones (excluding diaryl/α,β-unsaturated/α-hetero) is 1. The molecule has 1 amide bonds. The molecule has 1 saturated heterocycles. The molecule has 4 rings (SSSR count). The number of carbonyl (C=O) groups is 2. The summed E-state index contributed by atoms with van der Waals surface area (Å²) >= 11 is 0. The van der Waals surface area contributed by atoms with Crippen LogP contribution in [-0.2, 0) is 9.59 Å². The van der Waals surface area contributed by atoms with Gasteiger partial charge in [-0.15, -0.1) is 0 Å². The van der Waals surface area contributed by atoms with Gasteiger partial charge < -0.3 is 14.9 Å². The maximum Gasteiger partial charge on any atom is 0.300 e. The Hall–Kier alpha value is -4.06. The van der Waals surface area contributed by atoms with Crippen LogP contribution in [0.2, 0.25) is 0 Å². The third kappa shape index (κ3) is 4.78. The molecule has 0 aliphatic carbocycles. The highest BCUT2D eigenvalue weighted by molar-refractivity contribution is 6.51. The molecule has 1 fully saturated rings. The number of hydrogen-bond donors (Lipinski definition) is 2. The fourth-order valence-corrected chi connectivity index (χ4v) is 4.26. The fourth-order valence-electron chi connectivity index (χ4n) is 4.26. The number of nitrogens with zero attached hydrogens (tertiary/aromatic N) is 1. The van der Waals surface area contributed by atoms with E-state index in [2.05, 4.69) is 13.8 Å². The number of phenols is 1. The highest BCUT2D eigenvalue weighted by Gasteiger charge is 2.47. The standard InChI is InChI=1S/C29H29NO5/c1-17(2)16-35-23-12-8-21(9-13-23)27(32)25-26(20-6-10-22(31)11-7-20)30(29(34)28(25)33)24-14-5-18(3)15-19(24)4/h5-15,17,26,31-32H,16H2,1-4H3/b27-25+. The maximum atomic E-state index is 13.3. The summed E-state index contributed by atoms with van der Waals surface area (Å²) in [5.41, 5.74) is 3.46. The SMILES string of the molecule is Cc1ccc(N2C(=O)C(=O)/C(=C(/O)c3ccc(OCC(C)C)cc3)C2c2ccc(O)cc2)c(C)c1. The largest absolute Gasteiger partial charge is 0.508 e. The minimum atomic E-state index is -0.853. The second-order valence-electron chi connectivity index (χ2n) is 9.28. The van der Waals surface area contributed by atoms with Crippen LogP contribution < -0.4 is 9.64 Å². The number of aryl methyl sites for hydroxylation is 2. The molecule has 180 valence electrons. The van der Waals surface area contributed by atoms with E-state index in [1.54, 1.807) is 36.4 Å². The molecule has 0 radical (unpaired) electrons. The van der Waals surface area contributed by atoms with E-state index in [0.717, 1.165) is 11.1 Å². The van der Waals surface area contributed by atoms with E-state index in [4.69, 9.17) is 4.74 Å². The van der Waals surface area contributed by atoms with Gasteiger partial charge in [-0.05, 0) is 73.4 Å². The lowest BCUT2D eigenvalue weighted by Gasteiger charge is -2.27. The number of hydrogen-bond acceptors (Lipinski definition) is 5. The third-order valence-electron chi connectivity index (χ3n) is 5.98. The zero-order valence-corrected chi connectivity index (χ0v) is 20.3. The Kier molecular flexibility index (Phi) is 6.65. The van der Waals surface area contributed by atoms with Gasteiger partial charge in [0.05, 0.1) is 18.2 Å². The first-order valence-corrected chi connectivity index (χ1v) is 11.6. The molecule has 35 heavy (non-hydrogen) atoms. The summed E-state index contributed by atoms with van der Waals surface area (Å²) in [4.78, 5) is 28.0. The Morgan fingerprint density at radius 1 is 0.971 bits per heavy atom. The van der Waals surface area contributed by atoms with Crippen LogP contribution in [0.15, 0.2) is 72.3 Å². The van der Waals surface area contributed by atoms with Gasteiger partial charge in [0.2, 0.25) is 0 Å². The van der Waals surface area contributed by atoms with E-state index < -0.39 is 17.7 Å². The van der Waals surface area contributed by atoms with Crippen molar-refractivity contribution in [1.82, 2.24) is 0 Å². The Bertz CT molecular complexity index is 1290. The van der Waals surface area contributed by atoms with Crippen molar-refractivity contribution in [3.8, 4) is 11.5 Å². The minimum Gasteiger partial charge on any atom is -0.508 e. The average molecular weight is 472 g/mol. The molecule has 1 aliphatic rings. The number of carbonyl (C=O) groups excluding carboxylic acids is 2. The Morgan fingerprint density at radius 3 is 2.23 bits per heavy atom. The summed E-state index contributed by atoms with van der Waals surface area (Å²) in [5.74, 6) is -0.650. The average Bonchev–Trinajstić information content (AvgIpc) is 3.08. The zero-order chi connectivity index (χ0) is 25.3. The van der Waals surface area contributed by atoms with Crippen molar-refractivity contribution in [3.63, 3.8) is 0 Å². The Balaban J connectivity index is 1.84. The third-order valence-corrected chi connectivity index (χ3v) is 5.98. The summed E-state index contributed by atoms with van der Waals surface area (Å²) in [7, 11) is 0. The molecule has 6 nitrogen and oxygen atoms in total. The van der Waals surface area contributed by atoms with Crippen LogP contribution in [0, 0.1) is 19.8 Å². The van der Waals surface area contributed by atoms with Crippen LogP contribution in [0.3, 0.4) is 0 Å². The van der Waals surface area contributed by atoms with Crippen molar-refractivity contribution >= 4 is 23.1 Å². The summed E-state index contributed by atoms with van der Waals surface area (Å²) in [6, 6.07) is 17.9. The number of phenolic OH excluding ortho intramolecular Hbond substituents is 1. The number of rotatable bonds is 6. The van der Waals surface area contributed by atoms with Crippen molar-refractivity contribution < 1.29 is 24.5 Å². The number of aliphatic hydroxyl groups is 1. The highest BCUT2D eigenvalue weighted by atomic mass is 16.5. The summed E-state index contributed by atoms with van der Waals surface area (Å²) in [6.45, 7) is 8.51. The second kappa shape index (κ2) is 9.66. The molecular formula is C29H29NO5. The molecule has 1 aliphatic heterocycles. The lowest BCUT2D eigenvalue weighted by Crippen LogP contribution is -2.30. The van der Waals surface area contributed by atoms with Gasteiger partial charge in [-0.2, -0.15) is 0 Å². The minimum absolute atomic E-state index is 0.00323. The number of amides is 1. The zero-order valence-electron chi connectivity index (χ0n) is 20.3. The van der Waals surface area contributed by atoms with Crippen molar-refractivity contribution in [1.29, 1.82) is 0 Å². The van der Waals surface area contributed by atoms with Crippen molar-refractivity contribution in [2.24, 2.45) is 5.92 Å². The van der Waals surface area contributed by atoms with E-state index in [0.29, 0.717) is 35.1 Å². The van der Waals surface area contributed by atoms with Gasteiger partial charge in [0.15, 0.2) is 0 Å². The number of ether oxygens (including phenoxy) is 1. The van der Waals surface area contributed by atoms with Gasteiger partial charge in [-0.1, -0.05) is 43.7 Å². The van der Waals surface area contributed by atoms with E-state index in [1.165, 1.54) is 17.0 Å². The quantitative estimate of drug-likeness (QED) is 0.275. The van der Waals surface area contributed by atoms with E-state index >= 15 is 0 Å². The maximum absolute atomic E-state index is 13.3. The molecule has 6 heteroatoms. The lowest BCUT2D eigenvalue weighted by atomic mass is 9.94. The van der Waals surface area contributed by atoms with Gasteiger partial charge >= 0.3 is 0 Å². The predicted molar refractivity (Wildman–Crippen MR) is 136 cm³/mol. The van der Waals surface area contributed by atoms with Gasteiger partial charge in [0.25, 0.3) is 11.7 Å². The van der Waals surface area contributed by atoms with Gasteiger partial charge in [-0.25, -0.2) is 0 Å². The van der Waals surface area contributed by atoms with E-state index in [-0.39, 0.29) is 17.1 Å². The molecule has 1 unspecified atom stereocenters. The lowest BCUT2D eigenvalue weighted by molar-refractivity contribution is -0.132. The van der Waals surface area contributed by atoms with Crippen LogP contribution in [0.4, 0.5) is 5.69 Å². The molecule has 0 spiro atoms. The summed E-state index contributed by atoms with van der Waals surface area (Å²) < 4.78 is 5.71. The molecule has 1 heterocycles. The van der Waals surface area contributed by atoms with E-state index in [1.807, 2.05) is 32.0 Å². The topological polar surface area (TPSA) is 87.1 Å². The highest BCUT2D eigenvalue weighted by Crippen LogP contribution is 2.43. The Morgan fingerprint density at radius 2 is 1.63 bits per heavy atom. The van der Waals surface area contributed by atoms with Crippen LogP contribution in [0.1, 0.15) is 42.1 Å². The fraction of sp³-hybridized carbons (Fsp3) is 0.241. The molecule has 0 aromatic heterocycles. The first-order chi connectivity index (χ1) is 16.7. The van der Waals surface area contributed by atoms with Crippen molar-refractivity contribution in [2.45, 2.75) is 33.7 Å². The van der Waals surface area contributed by atoms with Crippen LogP contribution in [-0.4, -0.2) is 28.5 Å².